The van der Waals surface area contributed by atoms with Crippen LogP contribution >= 0.6 is 31.9 Å². The van der Waals surface area contributed by atoms with Crippen molar-refractivity contribution in [1.29, 1.82) is 0 Å². The molecule has 1 heterocycles. The Morgan fingerprint density at radius 1 is 1.04 bits per heavy atom. The smallest absolute Gasteiger partial charge is 0.289 e. The average molecular weight is 436 g/mol. The third-order valence-corrected chi connectivity index (χ3v) is 4.82. The Hall–Kier alpha value is -1.46. The third-order valence-electron chi connectivity index (χ3n) is 3.77. The highest BCUT2D eigenvalue weighted by atomic mass is 79.9. The molecule has 0 aliphatic carbocycles. The largest absolute Gasteiger partial charge is 0.348 e. The fourth-order valence-electron chi connectivity index (χ4n) is 2.71. The van der Waals surface area contributed by atoms with Crippen LogP contribution in [0.1, 0.15) is 29.2 Å². The molecule has 1 aromatic heterocycles. The molecule has 3 rings (SSSR count). The van der Waals surface area contributed by atoms with Crippen LogP contribution in [0.3, 0.4) is 0 Å². The molecule has 0 saturated heterocycles. The molecule has 0 radical (unpaired) electrons. The molecule has 0 spiro atoms. The lowest BCUT2D eigenvalue weighted by Crippen LogP contribution is -2.25. The normalized spacial score (nSPS) is 11.6. The molecule has 0 unspecified atom stereocenters. The van der Waals surface area contributed by atoms with Gasteiger partial charge in [0.15, 0.2) is 0 Å². The summed E-state index contributed by atoms with van der Waals surface area (Å²) in [6, 6.07) is 16.0. The van der Waals surface area contributed by atoms with E-state index in [1.165, 1.54) is 0 Å². The van der Waals surface area contributed by atoms with Gasteiger partial charge in [0.1, 0.15) is 0 Å². The third kappa shape index (κ3) is 3.12. The molecule has 23 heavy (non-hydrogen) atoms. The van der Waals surface area contributed by atoms with Gasteiger partial charge >= 0.3 is 5.69 Å². The molecule has 0 bridgehead atoms. The summed E-state index contributed by atoms with van der Waals surface area (Å²) in [4.78, 5) is 16.9. The van der Waals surface area contributed by atoms with Gasteiger partial charge in [-0.15, -0.1) is 0 Å². The van der Waals surface area contributed by atoms with Gasteiger partial charge in [0.05, 0.1) is 14.9 Å². The van der Waals surface area contributed by atoms with Crippen LogP contribution in [0.25, 0.3) is 22.2 Å². The number of hydrogen-bond acceptors (Lipinski definition) is 2. The summed E-state index contributed by atoms with van der Waals surface area (Å²) >= 11 is 7.05. The van der Waals surface area contributed by atoms with Crippen LogP contribution in [0.15, 0.2) is 53.3 Å². The number of aromatic nitrogens is 2. The molecular weight excluding hydrogens is 420 g/mol. The highest BCUT2D eigenvalue weighted by molar-refractivity contribution is 9.24. The van der Waals surface area contributed by atoms with Gasteiger partial charge < -0.3 is 0 Å². The van der Waals surface area contributed by atoms with Crippen molar-refractivity contribution in [3.8, 4) is 11.3 Å². The molecule has 118 valence electrons. The average Bonchev–Trinajstić information content (AvgIpc) is 2.53. The SMILES string of the molecule is CC(C)n1c(=O)nc(-c2ccccc2)c2ccc(C(Br)Br)cc21. The zero-order chi connectivity index (χ0) is 16.6. The van der Waals surface area contributed by atoms with E-state index < -0.39 is 0 Å². The number of halogens is 2. The van der Waals surface area contributed by atoms with Crippen LogP contribution in [0.5, 0.6) is 0 Å². The molecule has 2 aromatic carbocycles. The fraction of sp³-hybridized carbons (Fsp3) is 0.222. The first-order valence-electron chi connectivity index (χ1n) is 7.39. The first-order chi connectivity index (χ1) is 11.0. The van der Waals surface area contributed by atoms with Crippen LogP contribution in [0.4, 0.5) is 0 Å². The minimum atomic E-state index is -0.218. The van der Waals surface area contributed by atoms with Crippen LogP contribution in [0.2, 0.25) is 0 Å². The summed E-state index contributed by atoms with van der Waals surface area (Å²) in [5.74, 6) is 0. The van der Waals surface area contributed by atoms with E-state index in [1.54, 1.807) is 4.57 Å². The van der Waals surface area contributed by atoms with Gasteiger partial charge in [-0.05, 0) is 25.5 Å². The van der Waals surface area contributed by atoms with Crippen molar-refractivity contribution < 1.29 is 0 Å². The first-order valence-corrected chi connectivity index (χ1v) is 9.22. The Bertz CT molecular complexity index is 902. The molecular formula is C18H16Br2N2O. The molecule has 3 nitrogen and oxygen atoms in total. The molecule has 0 saturated carbocycles. The van der Waals surface area contributed by atoms with E-state index >= 15 is 0 Å². The second kappa shape index (κ2) is 6.57. The van der Waals surface area contributed by atoms with Crippen molar-refractivity contribution in [1.82, 2.24) is 9.55 Å². The molecule has 3 aromatic rings. The maximum absolute atomic E-state index is 12.6. The van der Waals surface area contributed by atoms with Crippen LogP contribution in [-0.2, 0) is 0 Å². The van der Waals surface area contributed by atoms with E-state index in [-0.39, 0.29) is 15.5 Å². The van der Waals surface area contributed by atoms with Gasteiger partial charge in [0.2, 0.25) is 0 Å². The number of alkyl halides is 2. The number of hydrogen-bond donors (Lipinski definition) is 0. The number of fused-ring (bicyclic) bond motifs is 1. The Morgan fingerprint density at radius 3 is 2.35 bits per heavy atom. The minimum absolute atomic E-state index is 0.0432. The topological polar surface area (TPSA) is 34.9 Å². The zero-order valence-corrected chi connectivity index (χ0v) is 16.0. The van der Waals surface area contributed by atoms with Crippen LogP contribution in [-0.4, -0.2) is 9.55 Å². The standard InChI is InChI=1S/C18H16Br2N2O/c1-11(2)22-15-10-13(17(19)20)8-9-14(15)16(21-18(22)23)12-6-4-3-5-7-12/h3-11,17H,1-2H3. The van der Waals surface area contributed by atoms with Gasteiger partial charge in [-0.2, -0.15) is 4.98 Å². The van der Waals surface area contributed by atoms with E-state index in [4.69, 9.17) is 0 Å². The highest BCUT2D eigenvalue weighted by Gasteiger charge is 2.15. The lowest BCUT2D eigenvalue weighted by molar-refractivity contribution is 0.587. The second-order valence-electron chi connectivity index (χ2n) is 5.65. The molecule has 0 fully saturated rings. The maximum Gasteiger partial charge on any atom is 0.348 e. The summed E-state index contributed by atoms with van der Waals surface area (Å²) in [5, 5.41) is 0.980. The Labute approximate surface area is 151 Å². The van der Waals surface area contributed by atoms with Crippen molar-refractivity contribution in [2.75, 3.05) is 0 Å². The Kier molecular flexibility index (Phi) is 4.69. The quantitative estimate of drug-likeness (QED) is 0.514. The summed E-state index contributed by atoms with van der Waals surface area (Å²) < 4.78 is 1.79. The van der Waals surface area contributed by atoms with E-state index in [9.17, 15) is 4.79 Å². The van der Waals surface area contributed by atoms with Crippen molar-refractivity contribution in [3.63, 3.8) is 0 Å². The van der Waals surface area contributed by atoms with Gasteiger partial charge in [-0.1, -0.05) is 74.3 Å². The summed E-state index contributed by atoms with van der Waals surface area (Å²) in [6.45, 7) is 3.99. The number of rotatable bonds is 3. The van der Waals surface area contributed by atoms with E-state index in [0.717, 1.165) is 27.7 Å². The van der Waals surface area contributed by atoms with Crippen molar-refractivity contribution in [3.05, 3.63) is 64.6 Å². The molecule has 0 aliphatic heterocycles. The predicted octanol–water partition coefficient (Wildman–Crippen LogP) is 5.43. The first kappa shape index (κ1) is 16.4. The van der Waals surface area contributed by atoms with Crippen LogP contribution in [0, 0.1) is 0 Å². The molecule has 0 atom stereocenters. The van der Waals surface area contributed by atoms with Crippen molar-refractivity contribution in [2.24, 2.45) is 0 Å². The van der Waals surface area contributed by atoms with E-state index in [2.05, 4.69) is 36.8 Å². The van der Waals surface area contributed by atoms with Crippen molar-refractivity contribution in [2.45, 2.75) is 23.6 Å². The van der Waals surface area contributed by atoms with Crippen LogP contribution < -0.4 is 5.69 Å². The Balaban J connectivity index is 2.41. The number of benzene rings is 2. The summed E-state index contributed by atoms with van der Waals surface area (Å²) in [5.41, 5.74) is 3.43. The Morgan fingerprint density at radius 2 is 1.74 bits per heavy atom. The fourth-order valence-corrected chi connectivity index (χ4v) is 3.28. The minimum Gasteiger partial charge on any atom is -0.289 e. The lowest BCUT2D eigenvalue weighted by Gasteiger charge is -2.17. The lowest BCUT2D eigenvalue weighted by atomic mass is 10.0. The summed E-state index contributed by atoms with van der Waals surface area (Å²) in [7, 11) is 0. The van der Waals surface area contributed by atoms with E-state index in [0.29, 0.717) is 0 Å². The molecule has 0 N–H and O–H groups in total. The molecule has 5 heteroatoms. The van der Waals surface area contributed by atoms with Crippen molar-refractivity contribution >= 4 is 42.8 Å². The van der Waals surface area contributed by atoms with E-state index in [1.807, 2.05) is 62.4 Å². The maximum atomic E-state index is 12.6. The van der Waals surface area contributed by atoms with Gasteiger partial charge in [-0.25, -0.2) is 4.79 Å². The zero-order valence-electron chi connectivity index (χ0n) is 12.8. The number of nitrogens with zero attached hydrogens (tertiary/aromatic N) is 2. The summed E-state index contributed by atoms with van der Waals surface area (Å²) in [6.07, 6.45) is 0. The van der Waals surface area contributed by atoms with Gasteiger partial charge in [0.25, 0.3) is 0 Å². The predicted molar refractivity (Wildman–Crippen MR) is 102 cm³/mol. The monoisotopic (exact) mass is 434 g/mol. The van der Waals surface area contributed by atoms with Gasteiger partial charge in [0, 0.05) is 17.0 Å². The molecule has 0 aliphatic rings. The highest BCUT2D eigenvalue weighted by Crippen LogP contribution is 2.33. The molecule has 0 amide bonds. The van der Waals surface area contributed by atoms with Gasteiger partial charge in [-0.3, -0.25) is 4.57 Å². The second-order valence-corrected chi connectivity index (χ2v) is 8.71.